The molecule has 2 N–H and O–H groups in total. The molecule has 3 aromatic carbocycles. The van der Waals surface area contributed by atoms with Crippen molar-refractivity contribution < 1.29 is 19.0 Å². The van der Waals surface area contributed by atoms with Crippen molar-refractivity contribution in [3.8, 4) is 17.2 Å². The number of carbonyl (C=O) groups excluding carboxylic acids is 1. The summed E-state index contributed by atoms with van der Waals surface area (Å²) in [6, 6.07) is 18.7. The quantitative estimate of drug-likeness (QED) is 0.251. The normalized spacial score (nSPS) is 10.7. The lowest BCUT2D eigenvalue weighted by molar-refractivity contribution is 0.0598. The number of aromatic nitrogens is 2. The highest BCUT2D eigenvalue weighted by Crippen LogP contribution is 2.26. The van der Waals surface area contributed by atoms with Crippen molar-refractivity contribution in [2.45, 2.75) is 26.9 Å². The Balaban J connectivity index is 1.86. The molecular formula is C30H32N4O5. The molecule has 0 spiro atoms. The Kier molecular flexibility index (Phi) is 8.19. The van der Waals surface area contributed by atoms with Crippen LogP contribution in [0.4, 0.5) is 11.5 Å². The number of hydrogen-bond acceptors (Lipinski definition) is 8. The second-order valence-corrected chi connectivity index (χ2v) is 9.17. The summed E-state index contributed by atoms with van der Waals surface area (Å²) in [4.78, 5) is 33.5. The van der Waals surface area contributed by atoms with Crippen molar-refractivity contribution in [2.24, 2.45) is 0 Å². The number of rotatable bonds is 9. The van der Waals surface area contributed by atoms with E-state index in [4.69, 9.17) is 19.9 Å². The van der Waals surface area contributed by atoms with Gasteiger partial charge >= 0.3 is 5.97 Å². The van der Waals surface area contributed by atoms with Gasteiger partial charge in [0, 0.05) is 18.8 Å². The molecule has 9 nitrogen and oxygen atoms in total. The minimum atomic E-state index is -0.767. The number of hydrogen-bond donors (Lipinski definition) is 1. The van der Waals surface area contributed by atoms with Crippen LogP contribution in [0.2, 0.25) is 0 Å². The van der Waals surface area contributed by atoms with Gasteiger partial charge in [-0.15, -0.1) is 0 Å². The van der Waals surface area contributed by atoms with E-state index in [9.17, 15) is 9.59 Å². The fourth-order valence-electron chi connectivity index (χ4n) is 4.60. The molecule has 0 saturated heterocycles. The Labute approximate surface area is 227 Å². The van der Waals surface area contributed by atoms with Crippen molar-refractivity contribution >= 4 is 17.5 Å². The Morgan fingerprint density at radius 2 is 1.36 bits per heavy atom. The van der Waals surface area contributed by atoms with Crippen LogP contribution in [-0.2, 0) is 17.8 Å². The van der Waals surface area contributed by atoms with Crippen molar-refractivity contribution in [2.75, 3.05) is 32.0 Å². The molecule has 39 heavy (non-hydrogen) atoms. The molecule has 1 aromatic heterocycles. The van der Waals surface area contributed by atoms with Crippen LogP contribution in [0.25, 0.3) is 5.69 Å². The first-order valence-corrected chi connectivity index (χ1v) is 12.3. The molecule has 0 atom stereocenters. The zero-order valence-electron chi connectivity index (χ0n) is 22.7. The summed E-state index contributed by atoms with van der Waals surface area (Å²) in [5.74, 6) is 0.911. The van der Waals surface area contributed by atoms with E-state index in [0.29, 0.717) is 24.5 Å². The van der Waals surface area contributed by atoms with E-state index in [-0.39, 0.29) is 11.4 Å². The summed E-state index contributed by atoms with van der Waals surface area (Å²) in [6.07, 6.45) is 1.45. The number of esters is 1. The first kappa shape index (κ1) is 27.3. The fraction of sp³-hybridized carbons (Fsp3) is 0.233. The van der Waals surface area contributed by atoms with E-state index in [1.54, 1.807) is 26.4 Å². The molecule has 1 heterocycles. The van der Waals surface area contributed by atoms with Crippen LogP contribution in [-0.4, -0.2) is 36.8 Å². The smallest absolute Gasteiger partial charge is 0.347 e. The molecule has 9 heteroatoms. The van der Waals surface area contributed by atoms with Gasteiger partial charge in [-0.05, 0) is 72.5 Å². The van der Waals surface area contributed by atoms with Gasteiger partial charge in [-0.3, -0.25) is 9.36 Å². The first-order valence-electron chi connectivity index (χ1n) is 12.3. The second-order valence-electron chi connectivity index (χ2n) is 9.17. The molecule has 0 aliphatic rings. The molecule has 0 bridgehead atoms. The number of nitrogens with two attached hydrogens (primary N) is 1. The van der Waals surface area contributed by atoms with Gasteiger partial charge in [-0.25, -0.2) is 9.78 Å². The van der Waals surface area contributed by atoms with Gasteiger partial charge in [0.1, 0.15) is 17.8 Å². The number of benzene rings is 3. The monoisotopic (exact) mass is 528 g/mol. The molecule has 0 saturated carbocycles. The van der Waals surface area contributed by atoms with E-state index in [1.807, 2.05) is 67.3 Å². The average molecular weight is 529 g/mol. The summed E-state index contributed by atoms with van der Waals surface area (Å²) < 4.78 is 17.0. The summed E-state index contributed by atoms with van der Waals surface area (Å²) in [7, 11) is 4.47. The molecule has 0 fully saturated rings. The summed E-state index contributed by atoms with van der Waals surface area (Å²) in [5, 5.41) is 0. The van der Waals surface area contributed by atoms with Crippen LogP contribution >= 0.6 is 0 Å². The zero-order valence-corrected chi connectivity index (χ0v) is 22.7. The van der Waals surface area contributed by atoms with E-state index >= 15 is 0 Å². The lowest BCUT2D eigenvalue weighted by Gasteiger charge is -2.26. The number of aryl methyl sites for hydroxylation is 2. The molecule has 4 aromatic rings. The summed E-state index contributed by atoms with van der Waals surface area (Å²) in [5.41, 5.74) is 9.97. The van der Waals surface area contributed by atoms with Crippen LogP contribution in [0.1, 0.15) is 32.6 Å². The summed E-state index contributed by atoms with van der Waals surface area (Å²) >= 11 is 0. The van der Waals surface area contributed by atoms with Crippen LogP contribution in [0.5, 0.6) is 11.5 Å². The molecule has 0 aliphatic carbocycles. The van der Waals surface area contributed by atoms with Crippen molar-refractivity contribution in [3.05, 3.63) is 105 Å². The topological polar surface area (TPSA) is 109 Å². The molecule has 202 valence electrons. The minimum absolute atomic E-state index is 0.155. The van der Waals surface area contributed by atoms with Gasteiger partial charge in [0.15, 0.2) is 11.4 Å². The van der Waals surface area contributed by atoms with Gasteiger partial charge in [-0.1, -0.05) is 24.3 Å². The van der Waals surface area contributed by atoms with Crippen LogP contribution in [0.3, 0.4) is 0 Å². The maximum absolute atomic E-state index is 13.9. The van der Waals surface area contributed by atoms with E-state index in [0.717, 1.165) is 33.8 Å². The largest absolute Gasteiger partial charge is 0.497 e. The zero-order chi connectivity index (χ0) is 28.1. The third kappa shape index (κ3) is 5.87. The number of methoxy groups -OCH3 is 3. The molecule has 0 aliphatic heterocycles. The number of carbonyl (C=O) groups is 1. The van der Waals surface area contributed by atoms with E-state index in [2.05, 4.69) is 4.98 Å². The highest BCUT2D eigenvalue weighted by molar-refractivity contribution is 5.94. The van der Waals surface area contributed by atoms with Crippen LogP contribution in [0, 0.1) is 13.8 Å². The van der Waals surface area contributed by atoms with Crippen molar-refractivity contribution in [1.29, 1.82) is 0 Å². The molecule has 0 radical (unpaired) electrons. The Morgan fingerprint density at radius 3 is 1.79 bits per heavy atom. The Hall–Kier alpha value is -4.79. The fourth-order valence-corrected chi connectivity index (χ4v) is 4.60. The lowest BCUT2D eigenvalue weighted by Crippen LogP contribution is -2.33. The highest BCUT2D eigenvalue weighted by atomic mass is 16.5. The van der Waals surface area contributed by atoms with Gasteiger partial charge in [0.25, 0.3) is 5.56 Å². The van der Waals surface area contributed by atoms with Crippen LogP contribution < -0.4 is 25.7 Å². The molecule has 0 unspecified atom stereocenters. The highest BCUT2D eigenvalue weighted by Gasteiger charge is 2.26. The Bertz CT molecular complexity index is 1460. The number of anilines is 2. The molecule has 4 rings (SSSR count). The third-order valence-corrected chi connectivity index (χ3v) is 6.46. The van der Waals surface area contributed by atoms with E-state index in [1.165, 1.54) is 18.0 Å². The maximum Gasteiger partial charge on any atom is 0.347 e. The third-order valence-electron chi connectivity index (χ3n) is 6.46. The number of ether oxygens (including phenoxy) is 3. The Morgan fingerprint density at radius 1 is 0.872 bits per heavy atom. The standard InChI is InChI=1S/C30H32N4O5/c1-19-14-23(31)15-20(2)27(19)34-18-32-28(26(29(34)35)30(36)39-5)33(16-21-6-10-24(37-3)11-7-21)17-22-8-12-25(38-4)13-9-22/h6-15,18H,16-17,31H2,1-5H3. The molecular weight excluding hydrogens is 496 g/mol. The van der Waals surface area contributed by atoms with Gasteiger partial charge in [-0.2, -0.15) is 0 Å². The van der Waals surface area contributed by atoms with Crippen LogP contribution in [0.15, 0.2) is 71.8 Å². The summed E-state index contributed by atoms with van der Waals surface area (Å²) in [6.45, 7) is 4.46. The minimum Gasteiger partial charge on any atom is -0.497 e. The average Bonchev–Trinajstić information content (AvgIpc) is 2.93. The number of nitrogen functional groups attached to an aromatic ring is 1. The first-order chi connectivity index (χ1) is 18.7. The maximum atomic E-state index is 13.9. The second kappa shape index (κ2) is 11.7. The SMILES string of the molecule is COC(=O)c1c(N(Cc2ccc(OC)cc2)Cc2ccc(OC)cc2)ncn(-c2c(C)cc(N)cc2C)c1=O. The van der Waals surface area contributed by atoms with Crippen molar-refractivity contribution in [3.63, 3.8) is 0 Å². The number of nitrogens with zero attached hydrogens (tertiary/aromatic N) is 3. The van der Waals surface area contributed by atoms with Gasteiger partial charge in [0.2, 0.25) is 0 Å². The predicted octanol–water partition coefficient (Wildman–Crippen LogP) is 4.44. The molecule has 0 amide bonds. The lowest BCUT2D eigenvalue weighted by atomic mass is 10.1. The predicted molar refractivity (Wildman–Crippen MR) is 151 cm³/mol. The van der Waals surface area contributed by atoms with Crippen molar-refractivity contribution in [1.82, 2.24) is 9.55 Å². The van der Waals surface area contributed by atoms with Gasteiger partial charge < -0.3 is 24.8 Å². The van der Waals surface area contributed by atoms with Gasteiger partial charge in [0.05, 0.1) is 27.0 Å². The van der Waals surface area contributed by atoms with E-state index < -0.39 is 11.5 Å².